The largest absolute Gasteiger partial charge is 0.462 e. The van der Waals surface area contributed by atoms with E-state index in [0.29, 0.717) is 27.7 Å². The van der Waals surface area contributed by atoms with Crippen LogP contribution in [0.5, 0.6) is 0 Å². The number of hydrogen-bond acceptors (Lipinski definition) is 7. The number of esters is 1. The molecule has 2 heterocycles. The van der Waals surface area contributed by atoms with Gasteiger partial charge in [0.05, 0.1) is 12.0 Å². The smallest absolute Gasteiger partial charge is 0.348 e. The Morgan fingerprint density at radius 1 is 1.24 bits per heavy atom. The minimum Gasteiger partial charge on any atom is -0.462 e. The van der Waals surface area contributed by atoms with E-state index in [9.17, 15) is 9.59 Å². The Morgan fingerprint density at radius 3 is 2.60 bits per heavy atom. The topological polar surface area (TPSA) is 107 Å². The van der Waals surface area contributed by atoms with Crippen molar-refractivity contribution in [1.29, 1.82) is 0 Å². The lowest BCUT2D eigenvalue weighted by Gasteiger charge is -2.08. The molecule has 0 radical (unpaired) electrons. The van der Waals surface area contributed by atoms with Gasteiger partial charge in [-0.25, -0.2) is 14.8 Å². The molecule has 0 spiro atoms. The van der Waals surface area contributed by atoms with Crippen molar-refractivity contribution in [3.63, 3.8) is 0 Å². The number of nitrogens with one attached hydrogen (secondary N) is 1. The number of thiophene rings is 1. The number of nitrogens with zero attached hydrogens (tertiary/aromatic N) is 2. The second-order valence-corrected chi connectivity index (χ2v) is 6.24. The highest BCUT2D eigenvalue weighted by molar-refractivity contribution is 7.20. The molecule has 1 amide bonds. The van der Waals surface area contributed by atoms with Gasteiger partial charge in [-0.3, -0.25) is 4.79 Å². The van der Waals surface area contributed by atoms with Gasteiger partial charge in [0, 0.05) is 11.3 Å². The second kappa shape index (κ2) is 6.86. The molecule has 0 saturated carbocycles. The molecule has 1 aromatic carbocycles. The molecule has 8 heteroatoms. The number of anilines is 2. The molecule has 0 atom stereocenters. The van der Waals surface area contributed by atoms with Gasteiger partial charge in [-0.1, -0.05) is 0 Å². The number of hydrogen-bond donors (Lipinski definition) is 2. The highest BCUT2D eigenvalue weighted by atomic mass is 32.1. The summed E-state index contributed by atoms with van der Waals surface area (Å²) in [6.45, 7) is 3.93. The van der Waals surface area contributed by atoms with E-state index in [1.807, 2.05) is 6.92 Å². The van der Waals surface area contributed by atoms with Crippen LogP contribution in [-0.4, -0.2) is 28.5 Å². The predicted octanol–water partition coefficient (Wildman–Crippen LogP) is 3.02. The third-order valence-corrected chi connectivity index (χ3v) is 4.80. The lowest BCUT2D eigenvalue weighted by molar-refractivity contribution is 0.0531. The zero-order valence-corrected chi connectivity index (χ0v) is 14.5. The molecule has 25 heavy (non-hydrogen) atoms. The van der Waals surface area contributed by atoms with Crippen LogP contribution < -0.4 is 11.1 Å². The van der Waals surface area contributed by atoms with Crippen LogP contribution in [0.3, 0.4) is 0 Å². The molecule has 0 bridgehead atoms. The van der Waals surface area contributed by atoms with Gasteiger partial charge in [-0.15, -0.1) is 11.3 Å². The summed E-state index contributed by atoms with van der Waals surface area (Å²) in [5, 5.41) is 3.96. The average molecular weight is 356 g/mol. The lowest BCUT2D eigenvalue weighted by atomic mass is 10.2. The molecule has 128 valence electrons. The molecular weight excluding hydrogens is 340 g/mol. The molecule has 3 rings (SSSR count). The molecule has 2 aromatic heterocycles. The van der Waals surface area contributed by atoms with E-state index in [4.69, 9.17) is 10.5 Å². The summed E-state index contributed by atoms with van der Waals surface area (Å²) in [6.07, 6.45) is 1.44. The van der Waals surface area contributed by atoms with Crippen molar-refractivity contribution in [2.24, 2.45) is 5.73 Å². The summed E-state index contributed by atoms with van der Waals surface area (Å²) >= 11 is 1.28. The van der Waals surface area contributed by atoms with Crippen molar-refractivity contribution in [3.8, 4) is 0 Å². The first-order chi connectivity index (χ1) is 12.0. The number of ether oxygens (including phenoxy) is 1. The third-order valence-electron chi connectivity index (χ3n) is 3.62. The SMILES string of the molecule is CCOC(=O)c1sc2ncnc(Nc3ccc(C(N)=O)cc3)c2c1C. The molecule has 0 fully saturated rings. The molecule has 3 aromatic rings. The zero-order chi connectivity index (χ0) is 18.0. The number of primary amides is 1. The van der Waals surface area contributed by atoms with Crippen molar-refractivity contribution in [2.45, 2.75) is 13.8 Å². The molecule has 7 nitrogen and oxygen atoms in total. The van der Waals surface area contributed by atoms with Gasteiger partial charge in [0.2, 0.25) is 5.91 Å². The van der Waals surface area contributed by atoms with Crippen molar-refractivity contribution in [3.05, 3.63) is 46.6 Å². The summed E-state index contributed by atoms with van der Waals surface area (Å²) < 4.78 is 5.09. The van der Waals surface area contributed by atoms with Gasteiger partial charge in [-0.05, 0) is 43.7 Å². The van der Waals surface area contributed by atoms with Gasteiger partial charge in [0.15, 0.2) is 0 Å². The minimum atomic E-state index is -0.483. The third kappa shape index (κ3) is 3.29. The minimum absolute atomic E-state index is 0.315. The van der Waals surface area contributed by atoms with Gasteiger partial charge in [0.1, 0.15) is 21.9 Å². The van der Waals surface area contributed by atoms with Crippen molar-refractivity contribution >= 4 is 44.9 Å². The summed E-state index contributed by atoms with van der Waals surface area (Å²) in [6, 6.07) is 6.74. The van der Waals surface area contributed by atoms with Crippen molar-refractivity contribution < 1.29 is 14.3 Å². The Kier molecular flexibility index (Phi) is 4.62. The molecule has 3 N–H and O–H groups in total. The van der Waals surface area contributed by atoms with E-state index in [2.05, 4.69) is 15.3 Å². The van der Waals surface area contributed by atoms with Gasteiger partial charge in [-0.2, -0.15) is 0 Å². The zero-order valence-electron chi connectivity index (χ0n) is 13.7. The number of carbonyl (C=O) groups is 2. The number of fused-ring (bicyclic) bond motifs is 1. The second-order valence-electron chi connectivity index (χ2n) is 5.25. The Balaban J connectivity index is 1.99. The van der Waals surface area contributed by atoms with Crippen LogP contribution in [0, 0.1) is 6.92 Å². The summed E-state index contributed by atoms with van der Waals surface area (Å²) in [7, 11) is 0. The highest BCUT2D eigenvalue weighted by Gasteiger charge is 2.20. The van der Waals surface area contributed by atoms with Crippen molar-refractivity contribution in [1.82, 2.24) is 9.97 Å². The van der Waals surface area contributed by atoms with Crippen LogP contribution in [0.25, 0.3) is 10.2 Å². The standard InChI is InChI=1S/C17H16N4O3S/c1-3-24-17(23)13-9(2)12-15(19-8-20-16(12)25-13)21-11-6-4-10(5-7-11)14(18)22/h4-8H,3H2,1-2H3,(H2,18,22)(H,19,20,21). The maximum atomic E-state index is 12.1. The Bertz CT molecular complexity index is 950. The van der Waals surface area contributed by atoms with E-state index in [-0.39, 0.29) is 5.97 Å². The monoisotopic (exact) mass is 356 g/mol. The van der Waals surface area contributed by atoms with Crippen LogP contribution >= 0.6 is 11.3 Å². The van der Waals surface area contributed by atoms with E-state index in [0.717, 1.165) is 16.6 Å². The Hall–Kier alpha value is -3.00. The normalized spacial score (nSPS) is 10.6. The number of nitrogens with two attached hydrogens (primary N) is 1. The Labute approximate surface area is 147 Å². The predicted molar refractivity (Wildman–Crippen MR) is 96.4 cm³/mol. The van der Waals surface area contributed by atoms with Gasteiger partial charge >= 0.3 is 5.97 Å². The number of aromatic nitrogens is 2. The first kappa shape index (κ1) is 16.8. The fraction of sp³-hybridized carbons (Fsp3) is 0.176. The van der Waals surface area contributed by atoms with Crippen LogP contribution in [0.1, 0.15) is 32.5 Å². The van der Waals surface area contributed by atoms with Crippen LogP contribution in [0.2, 0.25) is 0 Å². The lowest BCUT2D eigenvalue weighted by Crippen LogP contribution is -2.10. The summed E-state index contributed by atoms with van der Waals surface area (Å²) in [4.78, 5) is 33.0. The van der Waals surface area contributed by atoms with Crippen molar-refractivity contribution in [2.75, 3.05) is 11.9 Å². The Morgan fingerprint density at radius 2 is 1.96 bits per heavy atom. The molecule has 0 saturated heterocycles. The summed E-state index contributed by atoms with van der Waals surface area (Å²) in [5.41, 5.74) is 7.19. The van der Waals surface area contributed by atoms with Crippen LogP contribution in [0.15, 0.2) is 30.6 Å². The highest BCUT2D eigenvalue weighted by Crippen LogP contribution is 2.34. The van der Waals surface area contributed by atoms with Gasteiger partial charge < -0.3 is 15.8 Å². The number of benzene rings is 1. The first-order valence-corrected chi connectivity index (χ1v) is 8.41. The molecular formula is C17H16N4O3S. The fourth-order valence-electron chi connectivity index (χ4n) is 2.41. The fourth-order valence-corrected chi connectivity index (χ4v) is 3.45. The van der Waals surface area contributed by atoms with E-state index in [1.165, 1.54) is 17.7 Å². The first-order valence-electron chi connectivity index (χ1n) is 7.59. The number of carbonyl (C=O) groups excluding carboxylic acids is 2. The van der Waals surface area contributed by atoms with Crippen LogP contribution in [0.4, 0.5) is 11.5 Å². The number of aryl methyl sites for hydroxylation is 1. The maximum Gasteiger partial charge on any atom is 0.348 e. The van der Waals surface area contributed by atoms with Crippen LogP contribution in [-0.2, 0) is 4.74 Å². The van der Waals surface area contributed by atoms with E-state index in [1.54, 1.807) is 31.2 Å². The molecule has 0 unspecified atom stereocenters. The molecule has 0 aliphatic rings. The molecule has 0 aliphatic carbocycles. The van der Waals surface area contributed by atoms with Gasteiger partial charge in [0.25, 0.3) is 0 Å². The summed E-state index contributed by atoms with van der Waals surface area (Å²) in [5.74, 6) is -0.260. The van der Waals surface area contributed by atoms with E-state index >= 15 is 0 Å². The number of rotatable bonds is 5. The molecule has 0 aliphatic heterocycles. The van der Waals surface area contributed by atoms with E-state index < -0.39 is 5.91 Å². The average Bonchev–Trinajstić information content (AvgIpc) is 2.94. The maximum absolute atomic E-state index is 12.1. The number of amides is 1. The quantitative estimate of drug-likeness (QED) is 0.681.